The van der Waals surface area contributed by atoms with Gasteiger partial charge >= 0.3 is 0 Å². The Balaban J connectivity index is 2.23. The fourth-order valence-corrected chi connectivity index (χ4v) is 1.43. The topological polar surface area (TPSA) is 45.7 Å². The van der Waals surface area contributed by atoms with Gasteiger partial charge in [-0.25, -0.2) is 0 Å². The van der Waals surface area contributed by atoms with Crippen molar-refractivity contribution < 1.29 is 9.52 Å². The number of aliphatic imine (C=N–C) groups is 1. The highest BCUT2D eigenvalue weighted by Gasteiger charge is 1.98. The first-order valence-corrected chi connectivity index (χ1v) is 5.09. The zero-order chi connectivity index (χ0) is 11.4. The van der Waals surface area contributed by atoms with Gasteiger partial charge in [0.1, 0.15) is 11.5 Å². The lowest BCUT2D eigenvalue weighted by Crippen LogP contribution is -1.83. The van der Waals surface area contributed by atoms with Crippen molar-refractivity contribution in [1.29, 1.82) is 0 Å². The molecule has 0 bridgehead atoms. The SMILES string of the molecule is Cc1ccc(C=Nc2ccccc2CO)o1. The maximum Gasteiger partial charge on any atom is 0.145 e. The third-order valence-corrected chi connectivity index (χ3v) is 2.25. The first-order valence-electron chi connectivity index (χ1n) is 5.09. The first-order chi connectivity index (χ1) is 7.79. The molecule has 0 aliphatic carbocycles. The Morgan fingerprint density at radius 1 is 1.25 bits per heavy atom. The molecular formula is C13H13NO2. The summed E-state index contributed by atoms with van der Waals surface area (Å²) in [6.45, 7) is 1.88. The van der Waals surface area contributed by atoms with Crippen LogP contribution in [0.2, 0.25) is 0 Å². The van der Waals surface area contributed by atoms with Crippen LogP contribution < -0.4 is 0 Å². The van der Waals surface area contributed by atoms with Crippen molar-refractivity contribution in [3.8, 4) is 0 Å². The van der Waals surface area contributed by atoms with E-state index in [2.05, 4.69) is 4.99 Å². The van der Waals surface area contributed by atoms with Crippen LogP contribution in [0.1, 0.15) is 17.1 Å². The van der Waals surface area contributed by atoms with Crippen molar-refractivity contribution in [2.45, 2.75) is 13.5 Å². The van der Waals surface area contributed by atoms with E-state index in [0.717, 1.165) is 17.0 Å². The van der Waals surface area contributed by atoms with Crippen LogP contribution in [0.3, 0.4) is 0 Å². The molecule has 2 rings (SSSR count). The second kappa shape index (κ2) is 4.77. The molecule has 3 nitrogen and oxygen atoms in total. The summed E-state index contributed by atoms with van der Waals surface area (Å²) in [5, 5.41) is 9.12. The molecule has 0 aliphatic rings. The molecule has 82 valence electrons. The van der Waals surface area contributed by atoms with E-state index in [-0.39, 0.29) is 6.61 Å². The highest BCUT2D eigenvalue weighted by Crippen LogP contribution is 2.18. The van der Waals surface area contributed by atoms with E-state index >= 15 is 0 Å². The predicted octanol–water partition coefficient (Wildman–Crippen LogP) is 2.83. The summed E-state index contributed by atoms with van der Waals surface area (Å²) in [7, 11) is 0. The Bertz CT molecular complexity index is 500. The second-order valence-electron chi connectivity index (χ2n) is 3.49. The molecule has 1 heterocycles. The van der Waals surface area contributed by atoms with Crippen molar-refractivity contribution in [1.82, 2.24) is 0 Å². The summed E-state index contributed by atoms with van der Waals surface area (Å²) in [4.78, 5) is 4.28. The summed E-state index contributed by atoms with van der Waals surface area (Å²) in [5.74, 6) is 1.57. The normalized spacial score (nSPS) is 11.1. The summed E-state index contributed by atoms with van der Waals surface area (Å²) in [6, 6.07) is 11.2. The lowest BCUT2D eigenvalue weighted by Gasteiger charge is -1.99. The highest BCUT2D eigenvalue weighted by molar-refractivity contribution is 5.79. The lowest BCUT2D eigenvalue weighted by molar-refractivity contribution is 0.282. The fraction of sp³-hybridized carbons (Fsp3) is 0.154. The molecule has 0 radical (unpaired) electrons. The zero-order valence-electron chi connectivity index (χ0n) is 9.05. The highest BCUT2D eigenvalue weighted by atomic mass is 16.3. The number of furan rings is 1. The van der Waals surface area contributed by atoms with Gasteiger partial charge in [0.15, 0.2) is 0 Å². The average molecular weight is 215 g/mol. The Kier molecular flexibility index (Phi) is 3.17. The molecule has 0 atom stereocenters. The van der Waals surface area contributed by atoms with E-state index < -0.39 is 0 Å². The minimum atomic E-state index is -0.00923. The first kappa shape index (κ1) is 10.6. The molecule has 0 spiro atoms. The molecule has 0 amide bonds. The summed E-state index contributed by atoms with van der Waals surface area (Å²) < 4.78 is 5.37. The van der Waals surface area contributed by atoms with E-state index in [1.807, 2.05) is 43.3 Å². The van der Waals surface area contributed by atoms with E-state index in [4.69, 9.17) is 9.52 Å². The van der Waals surface area contributed by atoms with Crippen LogP contribution in [0.25, 0.3) is 0 Å². The van der Waals surface area contributed by atoms with E-state index in [1.54, 1.807) is 6.21 Å². The molecule has 0 unspecified atom stereocenters. The number of nitrogens with zero attached hydrogens (tertiary/aromatic N) is 1. The monoisotopic (exact) mass is 215 g/mol. The van der Waals surface area contributed by atoms with Gasteiger partial charge in [0.2, 0.25) is 0 Å². The van der Waals surface area contributed by atoms with Gasteiger partial charge in [-0.1, -0.05) is 18.2 Å². The predicted molar refractivity (Wildman–Crippen MR) is 63.1 cm³/mol. The lowest BCUT2D eigenvalue weighted by atomic mass is 10.2. The third-order valence-electron chi connectivity index (χ3n) is 2.25. The van der Waals surface area contributed by atoms with Crippen LogP contribution in [0.15, 0.2) is 45.8 Å². The second-order valence-corrected chi connectivity index (χ2v) is 3.49. The molecule has 3 heteroatoms. The molecule has 1 N–H and O–H groups in total. The molecule has 2 aromatic rings. The minimum absolute atomic E-state index is 0.00923. The number of hydrogen-bond acceptors (Lipinski definition) is 3. The number of rotatable bonds is 3. The van der Waals surface area contributed by atoms with Gasteiger partial charge in [-0.3, -0.25) is 4.99 Å². The van der Waals surface area contributed by atoms with Gasteiger partial charge in [-0.05, 0) is 25.1 Å². The molecule has 16 heavy (non-hydrogen) atoms. The maximum absolute atomic E-state index is 9.12. The molecule has 0 fully saturated rings. The molecule has 0 saturated carbocycles. The van der Waals surface area contributed by atoms with Gasteiger partial charge in [-0.15, -0.1) is 0 Å². The van der Waals surface area contributed by atoms with Crippen molar-refractivity contribution in [3.05, 3.63) is 53.5 Å². The van der Waals surface area contributed by atoms with E-state index in [1.165, 1.54) is 0 Å². The summed E-state index contributed by atoms with van der Waals surface area (Å²) >= 11 is 0. The van der Waals surface area contributed by atoms with Gasteiger partial charge in [0.05, 0.1) is 18.5 Å². The number of aliphatic hydroxyl groups excluding tert-OH is 1. The molecule has 1 aromatic heterocycles. The van der Waals surface area contributed by atoms with Crippen LogP contribution >= 0.6 is 0 Å². The van der Waals surface area contributed by atoms with Crippen LogP contribution in [0.4, 0.5) is 5.69 Å². The molecule has 0 aliphatic heterocycles. The quantitative estimate of drug-likeness (QED) is 0.800. The van der Waals surface area contributed by atoms with Crippen LogP contribution in [0, 0.1) is 6.92 Å². The van der Waals surface area contributed by atoms with E-state index in [9.17, 15) is 0 Å². The number of aliphatic hydroxyl groups is 1. The van der Waals surface area contributed by atoms with Gasteiger partial charge in [0, 0.05) is 5.56 Å². The van der Waals surface area contributed by atoms with Crippen molar-refractivity contribution in [2.75, 3.05) is 0 Å². The Labute approximate surface area is 94.1 Å². The van der Waals surface area contributed by atoms with Gasteiger partial charge < -0.3 is 9.52 Å². The van der Waals surface area contributed by atoms with Crippen molar-refractivity contribution in [3.63, 3.8) is 0 Å². The summed E-state index contributed by atoms with van der Waals surface area (Å²) in [6.07, 6.45) is 1.65. The third kappa shape index (κ3) is 2.38. The van der Waals surface area contributed by atoms with Crippen molar-refractivity contribution >= 4 is 11.9 Å². The Hall–Kier alpha value is -1.87. The summed E-state index contributed by atoms with van der Waals surface area (Å²) in [5.41, 5.74) is 1.57. The Morgan fingerprint density at radius 3 is 2.75 bits per heavy atom. The average Bonchev–Trinajstić information content (AvgIpc) is 2.73. The molecule has 1 aromatic carbocycles. The maximum atomic E-state index is 9.12. The largest absolute Gasteiger partial charge is 0.460 e. The van der Waals surface area contributed by atoms with Crippen LogP contribution in [-0.2, 0) is 6.61 Å². The van der Waals surface area contributed by atoms with Crippen LogP contribution in [0.5, 0.6) is 0 Å². The smallest absolute Gasteiger partial charge is 0.145 e. The van der Waals surface area contributed by atoms with E-state index in [0.29, 0.717) is 5.76 Å². The van der Waals surface area contributed by atoms with Crippen molar-refractivity contribution in [2.24, 2.45) is 4.99 Å². The van der Waals surface area contributed by atoms with Crippen LogP contribution in [-0.4, -0.2) is 11.3 Å². The number of benzene rings is 1. The fourth-order valence-electron chi connectivity index (χ4n) is 1.43. The molecular weight excluding hydrogens is 202 g/mol. The number of para-hydroxylation sites is 1. The minimum Gasteiger partial charge on any atom is -0.460 e. The standard InChI is InChI=1S/C13H13NO2/c1-10-6-7-12(16-10)8-14-13-5-3-2-4-11(13)9-15/h2-8,15H,9H2,1H3. The number of hydrogen-bond donors (Lipinski definition) is 1. The van der Waals surface area contributed by atoms with Gasteiger partial charge in [-0.2, -0.15) is 0 Å². The molecule has 0 saturated heterocycles. The zero-order valence-corrected chi connectivity index (χ0v) is 9.05. The van der Waals surface area contributed by atoms with Gasteiger partial charge in [0.25, 0.3) is 0 Å². The number of aryl methyl sites for hydroxylation is 1. The Morgan fingerprint density at radius 2 is 2.06 bits per heavy atom.